The number of methoxy groups -OCH3 is 1. The van der Waals surface area contributed by atoms with E-state index in [0.29, 0.717) is 16.9 Å². The highest BCUT2D eigenvalue weighted by molar-refractivity contribution is 6.19. The molecule has 2 rings (SSSR count). The third kappa shape index (κ3) is 2.56. The molecule has 1 aliphatic rings. The lowest BCUT2D eigenvalue weighted by molar-refractivity contribution is -0.138. The number of ether oxygens (including phenoxy) is 1. The summed E-state index contributed by atoms with van der Waals surface area (Å²) in [7, 11) is 2.95. The number of likely N-dealkylation sites (N-methyl/N-ethyl adjacent to an activating group) is 1. The molecular formula is C16H14N2O3. The van der Waals surface area contributed by atoms with Crippen molar-refractivity contribution in [2.45, 2.75) is 6.92 Å². The summed E-state index contributed by atoms with van der Waals surface area (Å²) in [6, 6.07) is 9.02. The maximum Gasteiger partial charge on any atom is 0.271 e. The maximum atomic E-state index is 12.2. The van der Waals surface area contributed by atoms with Crippen molar-refractivity contribution in [1.29, 1.82) is 5.26 Å². The van der Waals surface area contributed by atoms with Crippen LogP contribution in [-0.4, -0.2) is 30.9 Å². The van der Waals surface area contributed by atoms with E-state index >= 15 is 0 Å². The molecule has 0 atom stereocenters. The minimum absolute atomic E-state index is 0.00291. The van der Waals surface area contributed by atoms with Crippen molar-refractivity contribution in [3.8, 4) is 11.8 Å². The molecule has 1 aromatic carbocycles. The second kappa shape index (κ2) is 5.63. The third-order valence-electron chi connectivity index (χ3n) is 3.37. The van der Waals surface area contributed by atoms with Gasteiger partial charge in [-0.2, -0.15) is 5.26 Å². The van der Waals surface area contributed by atoms with Gasteiger partial charge in [0.05, 0.1) is 7.11 Å². The summed E-state index contributed by atoms with van der Waals surface area (Å²) >= 11 is 0. The van der Waals surface area contributed by atoms with Crippen molar-refractivity contribution >= 4 is 17.9 Å². The molecule has 5 heteroatoms. The predicted octanol–water partition coefficient (Wildman–Crippen LogP) is 1.92. The monoisotopic (exact) mass is 282 g/mol. The molecule has 106 valence electrons. The van der Waals surface area contributed by atoms with Gasteiger partial charge >= 0.3 is 0 Å². The van der Waals surface area contributed by atoms with Crippen molar-refractivity contribution in [2.24, 2.45) is 0 Å². The molecule has 5 nitrogen and oxygen atoms in total. The summed E-state index contributed by atoms with van der Waals surface area (Å²) in [5.41, 5.74) is 1.54. The zero-order valence-electron chi connectivity index (χ0n) is 12.0. The number of hydrogen-bond acceptors (Lipinski definition) is 4. The predicted molar refractivity (Wildman–Crippen MR) is 77.1 cm³/mol. The van der Waals surface area contributed by atoms with E-state index in [1.807, 2.05) is 6.07 Å². The summed E-state index contributed by atoms with van der Waals surface area (Å²) in [6.07, 6.45) is 1.66. The molecule has 0 bridgehead atoms. The first kappa shape index (κ1) is 14.5. The Morgan fingerprint density at radius 3 is 2.33 bits per heavy atom. The first-order valence-electron chi connectivity index (χ1n) is 6.29. The van der Waals surface area contributed by atoms with Crippen LogP contribution >= 0.6 is 0 Å². The van der Waals surface area contributed by atoms with Gasteiger partial charge in [0, 0.05) is 12.6 Å². The van der Waals surface area contributed by atoms with E-state index < -0.39 is 11.8 Å². The lowest BCUT2D eigenvalue weighted by Crippen LogP contribution is -2.39. The van der Waals surface area contributed by atoms with E-state index in [2.05, 4.69) is 0 Å². The van der Waals surface area contributed by atoms with E-state index in [9.17, 15) is 9.59 Å². The van der Waals surface area contributed by atoms with Crippen LogP contribution in [0.3, 0.4) is 0 Å². The molecule has 1 aromatic rings. The standard InChI is InChI=1S/C16H14N2O3/c1-10-13(8-11-4-6-12(21-3)7-5-11)15(19)18(2)16(20)14(10)9-17/h4-8H,1-3H3/b13-8-. The number of benzene rings is 1. The van der Waals surface area contributed by atoms with Gasteiger partial charge in [0.25, 0.3) is 11.8 Å². The van der Waals surface area contributed by atoms with E-state index in [4.69, 9.17) is 10.00 Å². The van der Waals surface area contributed by atoms with Crippen LogP contribution in [0.2, 0.25) is 0 Å². The Bertz CT molecular complexity index is 706. The fourth-order valence-corrected chi connectivity index (χ4v) is 2.06. The summed E-state index contributed by atoms with van der Waals surface area (Å²) in [5, 5.41) is 9.08. The topological polar surface area (TPSA) is 70.4 Å². The zero-order valence-corrected chi connectivity index (χ0v) is 12.0. The van der Waals surface area contributed by atoms with Gasteiger partial charge < -0.3 is 4.74 Å². The van der Waals surface area contributed by atoms with Gasteiger partial charge in [-0.05, 0) is 36.3 Å². The Hall–Kier alpha value is -2.87. The fraction of sp³-hybridized carbons (Fsp3) is 0.188. The Balaban J connectivity index is 2.52. The molecule has 0 spiro atoms. The molecule has 0 aliphatic carbocycles. The van der Waals surface area contributed by atoms with E-state index in [-0.39, 0.29) is 5.57 Å². The van der Waals surface area contributed by atoms with Gasteiger partial charge in [-0.3, -0.25) is 14.5 Å². The molecule has 0 N–H and O–H groups in total. The SMILES string of the molecule is COc1ccc(/C=C2\C(=O)N(C)C(=O)C(C#N)=C2C)cc1. The number of carbonyl (C=O) groups excluding carboxylic acids is 2. The number of amides is 2. The number of nitrogens with zero attached hydrogens (tertiary/aromatic N) is 2. The lowest BCUT2D eigenvalue weighted by Gasteiger charge is -2.23. The minimum atomic E-state index is -0.563. The summed E-state index contributed by atoms with van der Waals surface area (Å²) in [4.78, 5) is 25.0. The Labute approximate surface area is 122 Å². The summed E-state index contributed by atoms with van der Waals surface area (Å²) in [5.74, 6) is -0.261. The van der Waals surface area contributed by atoms with Crippen LogP contribution < -0.4 is 4.74 Å². The quantitative estimate of drug-likeness (QED) is 0.613. The first-order valence-corrected chi connectivity index (χ1v) is 6.29. The normalized spacial score (nSPS) is 17.2. The second-order valence-electron chi connectivity index (χ2n) is 4.61. The summed E-state index contributed by atoms with van der Waals surface area (Å²) < 4.78 is 5.07. The minimum Gasteiger partial charge on any atom is -0.497 e. The van der Waals surface area contributed by atoms with Crippen LogP contribution in [0.4, 0.5) is 0 Å². The van der Waals surface area contributed by atoms with Crippen molar-refractivity contribution in [2.75, 3.05) is 14.2 Å². The zero-order chi connectivity index (χ0) is 15.6. The number of carbonyl (C=O) groups is 2. The van der Waals surface area contributed by atoms with Crippen molar-refractivity contribution in [3.63, 3.8) is 0 Å². The molecule has 0 saturated carbocycles. The smallest absolute Gasteiger partial charge is 0.271 e. The van der Waals surface area contributed by atoms with Crippen LogP contribution in [-0.2, 0) is 9.59 Å². The molecular weight excluding hydrogens is 268 g/mol. The largest absolute Gasteiger partial charge is 0.497 e. The van der Waals surface area contributed by atoms with Crippen molar-refractivity contribution < 1.29 is 14.3 Å². The molecule has 0 saturated heterocycles. The van der Waals surface area contributed by atoms with Gasteiger partial charge in [0.1, 0.15) is 17.4 Å². The molecule has 0 unspecified atom stereocenters. The third-order valence-corrected chi connectivity index (χ3v) is 3.37. The summed E-state index contributed by atoms with van der Waals surface area (Å²) in [6.45, 7) is 1.61. The lowest BCUT2D eigenvalue weighted by atomic mass is 9.94. The van der Waals surface area contributed by atoms with E-state index in [0.717, 1.165) is 10.5 Å². The Morgan fingerprint density at radius 1 is 1.19 bits per heavy atom. The molecule has 1 aliphatic heterocycles. The highest BCUT2D eigenvalue weighted by atomic mass is 16.5. The first-order chi connectivity index (χ1) is 9.99. The molecule has 21 heavy (non-hydrogen) atoms. The van der Waals surface area contributed by atoms with Crippen LogP contribution in [0.25, 0.3) is 6.08 Å². The highest BCUT2D eigenvalue weighted by Crippen LogP contribution is 2.26. The molecule has 1 heterocycles. The van der Waals surface area contributed by atoms with Gasteiger partial charge in [-0.1, -0.05) is 12.1 Å². The average Bonchev–Trinajstić information content (AvgIpc) is 2.51. The number of nitriles is 1. The van der Waals surface area contributed by atoms with Crippen LogP contribution in [0.1, 0.15) is 12.5 Å². The molecule has 0 radical (unpaired) electrons. The number of hydrogen-bond donors (Lipinski definition) is 0. The van der Waals surface area contributed by atoms with Crippen LogP contribution in [0.5, 0.6) is 5.75 Å². The Morgan fingerprint density at radius 2 is 1.81 bits per heavy atom. The van der Waals surface area contributed by atoms with Gasteiger partial charge in [0.2, 0.25) is 0 Å². The highest BCUT2D eigenvalue weighted by Gasteiger charge is 2.32. The number of rotatable bonds is 2. The van der Waals surface area contributed by atoms with Crippen molar-refractivity contribution in [1.82, 2.24) is 4.90 Å². The van der Waals surface area contributed by atoms with E-state index in [1.165, 1.54) is 7.05 Å². The van der Waals surface area contributed by atoms with Crippen LogP contribution in [0, 0.1) is 11.3 Å². The Kier molecular flexibility index (Phi) is 3.90. The average molecular weight is 282 g/mol. The van der Waals surface area contributed by atoms with Gasteiger partial charge in [-0.15, -0.1) is 0 Å². The molecule has 0 aromatic heterocycles. The second-order valence-corrected chi connectivity index (χ2v) is 4.61. The molecule has 2 amide bonds. The molecule has 0 fully saturated rings. The van der Waals surface area contributed by atoms with Crippen LogP contribution in [0.15, 0.2) is 41.0 Å². The van der Waals surface area contributed by atoms with Crippen molar-refractivity contribution in [3.05, 3.63) is 46.5 Å². The number of imide groups is 1. The fourth-order valence-electron chi connectivity index (χ4n) is 2.06. The van der Waals surface area contributed by atoms with Gasteiger partial charge in [0.15, 0.2) is 0 Å². The van der Waals surface area contributed by atoms with E-state index in [1.54, 1.807) is 44.4 Å². The van der Waals surface area contributed by atoms with Gasteiger partial charge in [-0.25, -0.2) is 0 Å². The maximum absolute atomic E-state index is 12.2.